The highest BCUT2D eigenvalue weighted by Gasteiger charge is 2.25. The van der Waals surface area contributed by atoms with Gasteiger partial charge in [-0.2, -0.15) is 0 Å². The Balaban J connectivity index is 0.00000288. The number of nitrogens with two attached hydrogens (primary N) is 1. The van der Waals surface area contributed by atoms with Gasteiger partial charge < -0.3 is 15.8 Å². The number of benzene rings is 1. The van der Waals surface area contributed by atoms with Crippen molar-refractivity contribution in [2.24, 2.45) is 11.7 Å². The van der Waals surface area contributed by atoms with Crippen molar-refractivity contribution in [1.29, 1.82) is 0 Å². The molecule has 8 heteroatoms. The molecule has 0 saturated heterocycles. The smallest absolute Gasteiger partial charge is 0.220 e. The van der Waals surface area contributed by atoms with Crippen LogP contribution in [0.3, 0.4) is 0 Å². The first-order valence-corrected chi connectivity index (χ1v) is 9.70. The van der Waals surface area contributed by atoms with Crippen molar-refractivity contribution in [2.45, 2.75) is 36.6 Å². The lowest BCUT2D eigenvalue weighted by Gasteiger charge is -2.14. The van der Waals surface area contributed by atoms with Gasteiger partial charge in [-0.1, -0.05) is 6.42 Å². The Morgan fingerprint density at radius 1 is 1.29 bits per heavy atom. The lowest BCUT2D eigenvalue weighted by Crippen LogP contribution is -2.33. The lowest BCUT2D eigenvalue weighted by atomic mass is 10.00. The van der Waals surface area contributed by atoms with Crippen LogP contribution >= 0.6 is 12.4 Å². The molecular weight excluding hydrogens is 352 g/mol. The molecule has 1 fully saturated rings. The zero-order valence-electron chi connectivity index (χ0n) is 13.7. The Labute approximate surface area is 149 Å². The largest absolute Gasteiger partial charge is 0.492 e. The molecule has 0 aromatic heterocycles. The molecule has 0 radical (unpaired) electrons. The minimum absolute atomic E-state index is 0. The molecule has 3 N–H and O–H groups in total. The van der Waals surface area contributed by atoms with E-state index in [-0.39, 0.29) is 29.3 Å². The minimum atomic E-state index is -3.19. The summed E-state index contributed by atoms with van der Waals surface area (Å²) in [6.45, 7) is 0.745. The minimum Gasteiger partial charge on any atom is -0.492 e. The molecule has 0 bridgehead atoms. The van der Waals surface area contributed by atoms with Crippen molar-refractivity contribution in [3.8, 4) is 5.75 Å². The van der Waals surface area contributed by atoms with E-state index in [4.69, 9.17) is 10.5 Å². The zero-order chi connectivity index (χ0) is 16.9. The standard InChI is InChI=1S/C16H24N2O4S.ClH/c1-23(20,21)14-7-5-13(6-8-14)22-10-9-18-16(19)11-12-3-2-4-15(12)17;/h5-8,12,15H,2-4,9-11,17H2,1H3,(H,18,19);1H/t12-,15+;/m0./s1. The van der Waals surface area contributed by atoms with E-state index in [1.807, 2.05) is 0 Å². The number of halogens is 1. The molecule has 0 spiro atoms. The van der Waals surface area contributed by atoms with E-state index >= 15 is 0 Å². The summed E-state index contributed by atoms with van der Waals surface area (Å²) in [5, 5.41) is 2.82. The summed E-state index contributed by atoms with van der Waals surface area (Å²) in [6.07, 6.45) is 4.77. The number of hydrogen-bond donors (Lipinski definition) is 2. The molecule has 0 heterocycles. The van der Waals surface area contributed by atoms with Gasteiger partial charge in [-0.25, -0.2) is 8.42 Å². The number of carbonyl (C=O) groups is 1. The van der Waals surface area contributed by atoms with Crippen molar-refractivity contribution >= 4 is 28.2 Å². The summed E-state index contributed by atoms with van der Waals surface area (Å²) in [5.41, 5.74) is 5.95. The maximum absolute atomic E-state index is 11.8. The van der Waals surface area contributed by atoms with Crippen LogP contribution in [0.25, 0.3) is 0 Å². The number of nitrogens with one attached hydrogen (secondary N) is 1. The van der Waals surface area contributed by atoms with Crippen LogP contribution in [-0.4, -0.2) is 39.8 Å². The lowest BCUT2D eigenvalue weighted by molar-refractivity contribution is -0.122. The van der Waals surface area contributed by atoms with Crippen LogP contribution in [0.2, 0.25) is 0 Å². The Hall–Kier alpha value is -1.31. The normalized spacial score (nSPS) is 20.2. The average Bonchev–Trinajstić information content (AvgIpc) is 2.88. The van der Waals surface area contributed by atoms with E-state index in [9.17, 15) is 13.2 Å². The van der Waals surface area contributed by atoms with Crippen molar-refractivity contribution < 1.29 is 17.9 Å². The van der Waals surface area contributed by atoms with Crippen molar-refractivity contribution in [2.75, 3.05) is 19.4 Å². The van der Waals surface area contributed by atoms with Gasteiger partial charge in [0.25, 0.3) is 0 Å². The molecule has 1 amide bonds. The summed E-state index contributed by atoms with van der Waals surface area (Å²) >= 11 is 0. The molecule has 0 aliphatic heterocycles. The van der Waals surface area contributed by atoms with E-state index in [0.29, 0.717) is 31.2 Å². The van der Waals surface area contributed by atoms with E-state index < -0.39 is 9.84 Å². The summed E-state index contributed by atoms with van der Waals surface area (Å²) in [5.74, 6) is 0.868. The molecule has 1 aliphatic rings. The Kier molecular flexibility index (Phi) is 7.99. The van der Waals surface area contributed by atoms with E-state index in [2.05, 4.69) is 5.32 Å². The third kappa shape index (κ3) is 6.30. The Bertz CT molecular complexity index is 634. The fourth-order valence-corrected chi connectivity index (χ4v) is 3.40. The number of ether oxygens (including phenoxy) is 1. The van der Waals surface area contributed by atoms with E-state index in [0.717, 1.165) is 25.5 Å². The molecule has 1 saturated carbocycles. The fourth-order valence-electron chi connectivity index (χ4n) is 2.77. The summed E-state index contributed by atoms with van der Waals surface area (Å²) < 4.78 is 28.2. The predicted octanol–water partition coefficient (Wildman–Crippen LogP) is 1.52. The van der Waals surface area contributed by atoms with E-state index in [1.54, 1.807) is 12.1 Å². The Morgan fingerprint density at radius 3 is 2.50 bits per heavy atom. The second kappa shape index (κ2) is 9.25. The van der Waals surface area contributed by atoms with Crippen LogP contribution in [0.4, 0.5) is 0 Å². The number of carbonyl (C=O) groups excluding carboxylic acids is 1. The molecule has 2 atom stereocenters. The molecule has 6 nitrogen and oxygen atoms in total. The molecule has 1 aliphatic carbocycles. The number of sulfone groups is 1. The fraction of sp³-hybridized carbons (Fsp3) is 0.562. The summed E-state index contributed by atoms with van der Waals surface area (Å²) in [7, 11) is -3.19. The molecule has 0 unspecified atom stereocenters. The summed E-state index contributed by atoms with van der Waals surface area (Å²) in [6, 6.07) is 6.37. The van der Waals surface area contributed by atoms with Crippen LogP contribution in [0.1, 0.15) is 25.7 Å². The molecule has 1 aromatic rings. The molecule has 136 valence electrons. The monoisotopic (exact) mass is 376 g/mol. The molecule has 1 aromatic carbocycles. The van der Waals surface area contributed by atoms with Gasteiger partial charge in [0.05, 0.1) is 11.4 Å². The van der Waals surface area contributed by atoms with Crippen LogP contribution in [0.5, 0.6) is 5.75 Å². The number of amides is 1. The van der Waals surface area contributed by atoms with Crippen molar-refractivity contribution in [3.05, 3.63) is 24.3 Å². The quantitative estimate of drug-likeness (QED) is 0.703. The van der Waals surface area contributed by atoms with Crippen molar-refractivity contribution in [1.82, 2.24) is 5.32 Å². The topological polar surface area (TPSA) is 98.5 Å². The number of rotatable bonds is 7. The highest BCUT2D eigenvalue weighted by molar-refractivity contribution is 7.90. The van der Waals surface area contributed by atoms with Gasteiger partial charge in [-0.05, 0) is 43.0 Å². The maximum atomic E-state index is 11.8. The first-order chi connectivity index (χ1) is 10.9. The molecule has 2 rings (SSSR count). The van der Waals surface area contributed by atoms with Crippen LogP contribution in [-0.2, 0) is 14.6 Å². The van der Waals surface area contributed by atoms with Crippen LogP contribution in [0, 0.1) is 5.92 Å². The Morgan fingerprint density at radius 2 is 1.96 bits per heavy atom. The van der Waals surface area contributed by atoms with Gasteiger partial charge in [-0.3, -0.25) is 4.79 Å². The van der Waals surface area contributed by atoms with Crippen molar-refractivity contribution in [3.63, 3.8) is 0 Å². The highest BCUT2D eigenvalue weighted by Crippen LogP contribution is 2.26. The average molecular weight is 377 g/mol. The van der Waals surface area contributed by atoms with Gasteiger partial charge in [0.15, 0.2) is 9.84 Å². The second-order valence-electron chi connectivity index (χ2n) is 6.00. The predicted molar refractivity (Wildman–Crippen MR) is 95.2 cm³/mol. The third-order valence-corrected chi connectivity index (χ3v) is 5.24. The first-order valence-electron chi connectivity index (χ1n) is 7.81. The second-order valence-corrected chi connectivity index (χ2v) is 8.02. The van der Waals surface area contributed by atoms with Gasteiger partial charge in [0.1, 0.15) is 12.4 Å². The van der Waals surface area contributed by atoms with Crippen LogP contribution < -0.4 is 15.8 Å². The third-order valence-electron chi connectivity index (χ3n) is 4.11. The first kappa shape index (κ1) is 20.7. The number of hydrogen-bond acceptors (Lipinski definition) is 5. The summed E-state index contributed by atoms with van der Waals surface area (Å²) in [4.78, 5) is 12.1. The van der Waals surface area contributed by atoms with Gasteiger partial charge in [0.2, 0.25) is 5.91 Å². The zero-order valence-corrected chi connectivity index (χ0v) is 15.4. The SMILES string of the molecule is CS(=O)(=O)c1ccc(OCCNC(=O)C[C@@H]2CCC[C@H]2N)cc1.Cl. The molecule has 24 heavy (non-hydrogen) atoms. The van der Waals surface area contributed by atoms with Gasteiger partial charge >= 0.3 is 0 Å². The van der Waals surface area contributed by atoms with E-state index in [1.165, 1.54) is 12.1 Å². The maximum Gasteiger partial charge on any atom is 0.220 e. The van der Waals surface area contributed by atoms with Crippen LogP contribution in [0.15, 0.2) is 29.2 Å². The van der Waals surface area contributed by atoms with Gasteiger partial charge in [-0.15, -0.1) is 12.4 Å². The highest BCUT2D eigenvalue weighted by atomic mass is 35.5. The van der Waals surface area contributed by atoms with Gasteiger partial charge in [0, 0.05) is 18.7 Å². The molecular formula is C16H25ClN2O4S.